The highest BCUT2D eigenvalue weighted by Crippen LogP contribution is 2.16. The minimum atomic E-state index is -0.296. The van der Waals surface area contributed by atoms with Crippen LogP contribution < -0.4 is 11.1 Å². The van der Waals surface area contributed by atoms with Crippen molar-refractivity contribution >= 4 is 23.3 Å². The Bertz CT molecular complexity index is 597. The van der Waals surface area contributed by atoms with E-state index < -0.39 is 0 Å². The van der Waals surface area contributed by atoms with Crippen LogP contribution in [-0.4, -0.2) is 16.0 Å². The zero-order chi connectivity index (χ0) is 13.8. The van der Waals surface area contributed by atoms with Gasteiger partial charge >= 0.3 is 0 Å². The number of halogens is 1. The summed E-state index contributed by atoms with van der Waals surface area (Å²) >= 11 is 5.80. The van der Waals surface area contributed by atoms with Crippen molar-refractivity contribution in [2.24, 2.45) is 0 Å². The molecule has 2 heterocycles. The molecule has 0 atom stereocenters. The van der Waals surface area contributed by atoms with Crippen LogP contribution in [0.3, 0.4) is 0 Å². The van der Waals surface area contributed by atoms with E-state index >= 15 is 0 Å². The van der Waals surface area contributed by atoms with E-state index in [1.807, 2.05) is 6.92 Å². The van der Waals surface area contributed by atoms with Crippen LogP contribution in [-0.2, 0) is 13.0 Å². The lowest BCUT2D eigenvalue weighted by molar-refractivity contribution is 0.0950. The Morgan fingerprint density at radius 2 is 2.32 bits per heavy atom. The largest absolute Gasteiger partial charge is 0.382 e. The number of carbonyl (C=O) groups excluding carboxylic acids is 1. The Morgan fingerprint density at radius 3 is 2.95 bits per heavy atom. The summed E-state index contributed by atoms with van der Waals surface area (Å²) in [5.41, 5.74) is 6.49. The first kappa shape index (κ1) is 13.4. The van der Waals surface area contributed by atoms with Crippen LogP contribution in [0.25, 0.3) is 0 Å². The highest BCUT2D eigenvalue weighted by molar-refractivity contribution is 6.33. The molecule has 2 rings (SSSR count). The molecule has 0 aliphatic heterocycles. The van der Waals surface area contributed by atoms with Gasteiger partial charge < -0.3 is 15.6 Å². The van der Waals surface area contributed by atoms with Crippen molar-refractivity contribution in [2.75, 3.05) is 5.73 Å². The Morgan fingerprint density at radius 1 is 1.53 bits per heavy atom. The van der Waals surface area contributed by atoms with E-state index in [1.54, 1.807) is 6.07 Å². The van der Waals surface area contributed by atoms with Crippen LogP contribution >= 0.6 is 11.6 Å². The van der Waals surface area contributed by atoms with E-state index in [9.17, 15) is 4.79 Å². The topological polar surface area (TPSA) is 94.0 Å². The molecular formula is C12H13ClN4O2. The van der Waals surface area contributed by atoms with Gasteiger partial charge in [0.25, 0.3) is 5.91 Å². The summed E-state index contributed by atoms with van der Waals surface area (Å²) in [7, 11) is 0. The second-order valence-electron chi connectivity index (χ2n) is 3.91. The normalized spacial score (nSPS) is 10.4. The molecule has 7 heteroatoms. The van der Waals surface area contributed by atoms with Gasteiger partial charge in [0.2, 0.25) is 0 Å². The number of anilines is 1. The molecule has 0 bridgehead atoms. The fourth-order valence-corrected chi connectivity index (χ4v) is 1.62. The lowest BCUT2D eigenvalue weighted by Gasteiger charge is -2.04. The van der Waals surface area contributed by atoms with Crippen LogP contribution in [0.4, 0.5) is 5.82 Å². The van der Waals surface area contributed by atoms with Gasteiger partial charge in [-0.15, -0.1) is 0 Å². The van der Waals surface area contributed by atoms with Gasteiger partial charge in [-0.25, -0.2) is 4.98 Å². The third kappa shape index (κ3) is 3.23. The van der Waals surface area contributed by atoms with E-state index in [2.05, 4.69) is 15.5 Å². The highest BCUT2D eigenvalue weighted by Gasteiger charge is 2.10. The third-order valence-corrected chi connectivity index (χ3v) is 2.82. The van der Waals surface area contributed by atoms with Gasteiger partial charge in [0.05, 0.1) is 17.1 Å². The van der Waals surface area contributed by atoms with Gasteiger partial charge in [0.15, 0.2) is 0 Å². The second kappa shape index (κ2) is 5.71. The number of nitrogen functional groups attached to an aromatic ring is 1. The molecule has 100 valence electrons. The number of amides is 1. The number of hydrogen-bond acceptors (Lipinski definition) is 5. The van der Waals surface area contributed by atoms with Gasteiger partial charge in [-0.05, 0) is 6.07 Å². The number of hydrogen-bond donors (Lipinski definition) is 2. The van der Waals surface area contributed by atoms with Crippen LogP contribution in [0.2, 0.25) is 5.02 Å². The molecule has 2 aromatic heterocycles. The molecule has 3 N–H and O–H groups in total. The van der Waals surface area contributed by atoms with Crippen LogP contribution in [0.1, 0.15) is 28.7 Å². The summed E-state index contributed by atoms with van der Waals surface area (Å²) < 4.78 is 5.04. The summed E-state index contributed by atoms with van der Waals surface area (Å²) in [6, 6.07) is 3.27. The molecule has 0 unspecified atom stereocenters. The maximum atomic E-state index is 11.8. The van der Waals surface area contributed by atoms with E-state index in [0.717, 1.165) is 12.2 Å². The van der Waals surface area contributed by atoms with Crippen molar-refractivity contribution in [1.29, 1.82) is 0 Å². The zero-order valence-corrected chi connectivity index (χ0v) is 11.1. The van der Waals surface area contributed by atoms with E-state index in [4.69, 9.17) is 21.9 Å². The molecule has 0 aromatic carbocycles. The minimum Gasteiger partial charge on any atom is -0.382 e. The molecule has 1 amide bonds. The van der Waals surface area contributed by atoms with Crippen molar-refractivity contribution in [3.8, 4) is 0 Å². The Hall–Kier alpha value is -2.08. The molecule has 0 aliphatic rings. The minimum absolute atomic E-state index is 0.197. The van der Waals surface area contributed by atoms with Gasteiger partial charge in [-0.3, -0.25) is 4.79 Å². The highest BCUT2D eigenvalue weighted by atomic mass is 35.5. The average Bonchev–Trinajstić information content (AvgIpc) is 2.87. The Balaban J connectivity index is 1.99. The van der Waals surface area contributed by atoms with E-state index in [1.165, 1.54) is 12.3 Å². The second-order valence-corrected chi connectivity index (χ2v) is 4.32. The van der Waals surface area contributed by atoms with Gasteiger partial charge in [-0.1, -0.05) is 23.7 Å². The number of aromatic nitrogens is 2. The fraction of sp³-hybridized carbons (Fsp3) is 0.250. The number of aryl methyl sites for hydroxylation is 1. The molecule has 0 saturated carbocycles. The molecule has 0 fully saturated rings. The summed E-state index contributed by atoms with van der Waals surface area (Å²) in [6.07, 6.45) is 2.13. The van der Waals surface area contributed by atoms with Gasteiger partial charge in [-0.2, -0.15) is 0 Å². The number of rotatable bonds is 4. The molecule has 0 spiro atoms. The first-order valence-electron chi connectivity index (χ1n) is 5.74. The molecule has 2 aromatic rings. The quantitative estimate of drug-likeness (QED) is 0.890. The van der Waals surface area contributed by atoms with Crippen molar-refractivity contribution in [1.82, 2.24) is 15.5 Å². The van der Waals surface area contributed by atoms with Crippen LogP contribution in [0.5, 0.6) is 0 Å². The van der Waals surface area contributed by atoms with Crippen molar-refractivity contribution in [3.05, 3.63) is 40.4 Å². The standard InChI is InChI=1S/C12H13ClN4O2/c1-2-9-4-8(17-19-9)6-16-12(18)7-3-10(13)11(14)15-5-7/h3-5H,2,6H2,1H3,(H2,14,15)(H,16,18). The number of carbonyl (C=O) groups is 1. The maximum Gasteiger partial charge on any atom is 0.253 e. The maximum absolute atomic E-state index is 11.8. The first-order chi connectivity index (χ1) is 9.10. The van der Waals surface area contributed by atoms with Crippen LogP contribution in [0.15, 0.2) is 22.9 Å². The Labute approximate surface area is 114 Å². The number of nitrogens with two attached hydrogens (primary N) is 1. The van der Waals surface area contributed by atoms with Gasteiger partial charge in [0, 0.05) is 18.7 Å². The molecule has 19 heavy (non-hydrogen) atoms. The third-order valence-electron chi connectivity index (χ3n) is 2.52. The van der Waals surface area contributed by atoms with Crippen molar-refractivity contribution < 1.29 is 9.32 Å². The summed E-state index contributed by atoms with van der Waals surface area (Å²) in [5, 5.41) is 6.78. The smallest absolute Gasteiger partial charge is 0.253 e. The SMILES string of the molecule is CCc1cc(CNC(=O)c2cnc(N)c(Cl)c2)no1. The first-order valence-corrected chi connectivity index (χ1v) is 6.11. The molecule has 0 aliphatic carbocycles. The Kier molecular flexibility index (Phi) is 4.01. The summed E-state index contributed by atoms with van der Waals surface area (Å²) in [6.45, 7) is 2.25. The lowest BCUT2D eigenvalue weighted by Crippen LogP contribution is -2.23. The van der Waals surface area contributed by atoms with Crippen molar-refractivity contribution in [2.45, 2.75) is 19.9 Å². The summed E-state index contributed by atoms with van der Waals surface area (Å²) in [5.74, 6) is 0.680. The molecule has 6 nitrogen and oxygen atoms in total. The predicted octanol–water partition coefficient (Wildman–Crippen LogP) is 1.80. The van der Waals surface area contributed by atoms with E-state index in [0.29, 0.717) is 11.3 Å². The number of nitrogens with zero attached hydrogens (tertiary/aromatic N) is 2. The fourth-order valence-electron chi connectivity index (χ4n) is 1.45. The average molecular weight is 281 g/mol. The zero-order valence-electron chi connectivity index (χ0n) is 10.3. The van der Waals surface area contributed by atoms with Crippen molar-refractivity contribution in [3.63, 3.8) is 0 Å². The number of pyridine rings is 1. The molecule has 0 saturated heterocycles. The van der Waals surface area contributed by atoms with E-state index in [-0.39, 0.29) is 23.3 Å². The van der Waals surface area contributed by atoms with Crippen LogP contribution in [0, 0.1) is 0 Å². The lowest BCUT2D eigenvalue weighted by atomic mass is 10.2. The molecule has 0 radical (unpaired) electrons. The predicted molar refractivity (Wildman–Crippen MR) is 70.7 cm³/mol. The van der Waals surface area contributed by atoms with Gasteiger partial charge in [0.1, 0.15) is 17.3 Å². The molecular weight excluding hydrogens is 268 g/mol. The number of nitrogens with one attached hydrogen (secondary N) is 1. The summed E-state index contributed by atoms with van der Waals surface area (Å²) in [4.78, 5) is 15.7. The monoisotopic (exact) mass is 280 g/mol.